The van der Waals surface area contributed by atoms with E-state index in [1.54, 1.807) is 0 Å². The van der Waals surface area contributed by atoms with E-state index in [1.165, 1.54) is 17.5 Å². The number of rotatable bonds is 6. The third-order valence-electron chi connectivity index (χ3n) is 4.11. The lowest BCUT2D eigenvalue weighted by atomic mass is 9.91. The van der Waals surface area contributed by atoms with E-state index < -0.39 is 0 Å². The van der Waals surface area contributed by atoms with E-state index in [1.807, 2.05) is 0 Å². The second-order valence-electron chi connectivity index (χ2n) is 5.63. The average Bonchev–Trinajstić information content (AvgIpc) is 2.86. The summed E-state index contributed by atoms with van der Waals surface area (Å²) in [6.07, 6.45) is 3.75. The first-order valence-corrected chi connectivity index (χ1v) is 7.70. The topological polar surface area (TPSA) is 21.3 Å². The van der Waals surface area contributed by atoms with Crippen molar-refractivity contribution in [3.05, 3.63) is 35.4 Å². The Morgan fingerprint density at radius 2 is 2.21 bits per heavy atom. The summed E-state index contributed by atoms with van der Waals surface area (Å²) in [4.78, 5) is 0. The minimum atomic E-state index is 0.318. The Bertz CT molecular complexity index is 391. The second kappa shape index (κ2) is 7.06. The number of aryl methyl sites for hydroxylation is 1. The predicted molar refractivity (Wildman–Crippen MR) is 80.4 cm³/mol. The van der Waals surface area contributed by atoms with E-state index >= 15 is 0 Å². The van der Waals surface area contributed by atoms with Gasteiger partial charge in [-0.25, -0.2) is 0 Å². The van der Waals surface area contributed by atoms with Gasteiger partial charge in [0.1, 0.15) is 0 Å². The molecule has 3 unspecified atom stereocenters. The molecule has 1 aliphatic rings. The molecule has 0 aromatic heterocycles. The van der Waals surface area contributed by atoms with Crippen molar-refractivity contribution in [2.24, 2.45) is 5.92 Å². The van der Waals surface area contributed by atoms with Crippen LogP contribution < -0.4 is 5.32 Å². The molecule has 106 valence electrons. The van der Waals surface area contributed by atoms with Crippen LogP contribution in [0.15, 0.2) is 24.3 Å². The zero-order valence-electron chi connectivity index (χ0n) is 12.5. The van der Waals surface area contributed by atoms with E-state index in [0.29, 0.717) is 18.1 Å². The zero-order chi connectivity index (χ0) is 13.7. The van der Waals surface area contributed by atoms with Crippen LogP contribution in [0.2, 0.25) is 0 Å². The van der Waals surface area contributed by atoms with Gasteiger partial charge in [-0.1, -0.05) is 45.0 Å². The summed E-state index contributed by atoms with van der Waals surface area (Å²) >= 11 is 0. The Hall–Kier alpha value is -0.860. The lowest BCUT2D eigenvalue weighted by molar-refractivity contribution is 0.0607. The lowest BCUT2D eigenvalue weighted by Crippen LogP contribution is -2.35. The van der Waals surface area contributed by atoms with Gasteiger partial charge in [-0.15, -0.1) is 0 Å². The van der Waals surface area contributed by atoms with Crippen molar-refractivity contribution in [2.75, 3.05) is 13.2 Å². The molecule has 0 saturated carbocycles. The Balaban J connectivity index is 2.20. The molecule has 19 heavy (non-hydrogen) atoms. The fraction of sp³-hybridized carbons (Fsp3) is 0.647. The van der Waals surface area contributed by atoms with E-state index in [2.05, 4.69) is 50.4 Å². The minimum absolute atomic E-state index is 0.318. The monoisotopic (exact) mass is 261 g/mol. The highest BCUT2D eigenvalue weighted by molar-refractivity contribution is 5.27. The summed E-state index contributed by atoms with van der Waals surface area (Å²) < 4.78 is 5.99. The van der Waals surface area contributed by atoms with Crippen LogP contribution in [-0.2, 0) is 11.2 Å². The molecule has 2 heteroatoms. The normalized spacial score (nSPS) is 24.6. The van der Waals surface area contributed by atoms with E-state index in [-0.39, 0.29) is 0 Å². The summed E-state index contributed by atoms with van der Waals surface area (Å²) in [5, 5.41) is 3.68. The first-order chi connectivity index (χ1) is 9.26. The van der Waals surface area contributed by atoms with Crippen molar-refractivity contribution in [2.45, 2.75) is 52.2 Å². The summed E-state index contributed by atoms with van der Waals surface area (Å²) in [5.41, 5.74) is 2.79. The average molecular weight is 261 g/mol. The van der Waals surface area contributed by atoms with Crippen molar-refractivity contribution >= 4 is 0 Å². The van der Waals surface area contributed by atoms with E-state index in [0.717, 1.165) is 26.0 Å². The summed E-state index contributed by atoms with van der Waals surface area (Å²) in [7, 11) is 0. The summed E-state index contributed by atoms with van der Waals surface area (Å²) in [6, 6.07) is 9.29. The molecule has 1 heterocycles. The Morgan fingerprint density at radius 1 is 1.37 bits per heavy atom. The predicted octanol–water partition coefficient (Wildman–Crippen LogP) is 3.71. The van der Waals surface area contributed by atoms with Gasteiger partial charge in [0.15, 0.2) is 0 Å². The molecule has 1 aromatic rings. The van der Waals surface area contributed by atoms with Crippen LogP contribution in [0.3, 0.4) is 0 Å². The highest BCUT2D eigenvalue weighted by Gasteiger charge is 2.32. The largest absolute Gasteiger partial charge is 0.376 e. The lowest BCUT2D eigenvalue weighted by Gasteiger charge is -2.28. The van der Waals surface area contributed by atoms with Crippen LogP contribution >= 0.6 is 0 Å². The Morgan fingerprint density at radius 3 is 2.84 bits per heavy atom. The number of benzene rings is 1. The van der Waals surface area contributed by atoms with Crippen LogP contribution in [-0.4, -0.2) is 19.3 Å². The van der Waals surface area contributed by atoms with Crippen molar-refractivity contribution in [3.63, 3.8) is 0 Å². The van der Waals surface area contributed by atoms with Gasteiger partial charge in [-0.2, -0.15) is 0 Å². The summed E-state index contributed by atoms with van der Waals surface area (Å²) in [6.45, 7) is 8.69. The molecule has 0 aliphatic carbocycles. The maximum Gasteiger partial charge on any atom is 0.0795 e. The fourth-order valence-electron chi connectivity index (χ4n) is 2.87. The van der Waals surface area contributed by atoms with Gasteiger partial charge >= 0.3 is 0 Å². The zero-order valence-corrected chi connectivity index (χ0v) is 12.5. The van der Waals surface area contributed by atoms with Crippen LogP contribution in [0.5, 0.6) is 0 Å². The molecule has 2 rings (SSSR count). The van der Waals surface area contributed by atoms with E-state index in [9.17, 15) is 0 Å². The number of hydrogen-bond donors (Lipinski definition) is 1. The Kier molecular flexibility index (Phi) is 5.41. The molecule has 1 aliphatic heterocycles. The molecule has 0 bridgehead atoms. The molecule has 1 aromatic carbocycles. The molecule has 1 saturated heterocycles. The SMILES string of the molecule is CCCNC(c1cccc(CC)c1)C1OCCC1C. The number of hydrogen-bond acceptors (Lipinski definition) is 2. The van der Waals surface area contributed by atoms with Gasteiger partial charge in [0.2, 0.25) is 0 Å². The standard InChI is InChI=1S/C17H27NO/c1-4-10-18-16(17-13(3)9-11-19-17)15-8-6-7-14(5-2)12-15/h6-8,12-13,16-18H,4-5,9-11H2,1-3H3. The van der Waals surface area contributed by atoms with Crippen LogP contribution in [0, 0.1) is 5.92 Å². The van der Waals surface area contributed by atoms with Gasteiger partial charge in [-0.05, 0) is 42.9 Å². The van der Waals surface area contributed by atoms with E-state index in [4.69, 9.17) is 4.74 Å². The molecular weight excluding hydrogens is 234 g/mol. The molecular formula is C17H27NO. The second-order valence-corrected chi connectivity index (χ2v) is 5.63. The van der Waals surface area contributed by atoms with Crippen molar-refractivity contribution in [1.82, 2.24) is 5.32 Å². The van der Waals surface area contributed by atoms with Crippen LogP contribution in [0.25, 0.3) is 0 Å². The van der Waals surface area contributed by atoms with Crippen molar-refractivity contribution < 1.29 is 4.74 Å². The van der Waals surface area contributed by atoms with Gasteiger partial charge in [-0.3, -0.25) is 0 Å². The summed E-state index contributed by atoms with van der Waals surface area (Å²) in [5.74, 6) is 0.639. The van der Waals surface area contributed by atoms with Gasteiger partial charge < -0.3 is 10.1 Å². The highest BCUT2D eigenvalue weighted by Crippen LogP contribution is 2.31. The molecule has 2 nitrogen and oxygen atoms in total. The number of nitrogens with one attached hydrogen (secondary N) is 1. The minimum Gasteiger partial charge on any atom is -0.376 e. The van der Waals surface area contributed by atoms with Crippen molar-refractivity contribution in [3.8, 4) is 0 Å². The first kappa shape index (κ1) is 14.5. The highest BCUT2D eigenvalue weighted by atomic mass is 16.5. The van der Waals surface area contributed by atoms with Crippen LogP contribution in [0.4, 0.5) is 0 Å². The van der Waals surface area contributed by atoms with Gasteiger partial charge in [0.25, 0.3) is 0 Å². The molecule has 0 amide bonds. The van der Waals surface area contributed by atoms with Crippen molar-refractivity contribution in [1.29, 1.82) is 0 Å². The fourth-order valence-corrected chi connectivity index (χ4v) is 2.87. The third kappa shape index (κ3) is 3.58. The smallest absolute Gasteiger partial charge is 0.0795 e. The molecule has 3 atom stereocenters. The maximum atomic E-state index is 5.99. The quantitative estimate of drug-likeness (QED) is 0.843. The third-order valence-corrected chi connectivity index (χ3v) is 4.11. The molecule has 1 fully saturated rings. The maximum absolute atomic E-state index is 5.99. The molecule has 1 N–H and O–H groups in total. The first-order valence-electron chi connectivity index (χ1n) is 7.70. The number of ether oxygens (including phenoxy) is 1. The van der Waals surface area contributed by atoms with Crippen LogP contribution in [0.1, 0.15) is 50.8 Å². The molecule has 0 spiro atoms. The molecule has 0 radical (unpaired) electrons. The van der Waals surface area contributed by atoms with Gasteiger partial charge in [0, 0.05) is 6.61 Å². The Labute approximate surface area is 117 Å². The van der Waals surface area contributed by atoms with Gasteiger partial charge in [0.05, 0.1) is 12.1 Å².